The molecule has 0 aliphatic carbocycles. The summed E-state index contributed by atoms with van der Waals surface area (Å²) in [5.41, 5.74) is 0.0968. The quantitative estimate of drug-likeness (QED) is 0.341. The minimum Gasteiger partial charge on any atom is -0.379 e. The Morgan fingerprint density at radius 1 is 0.963 bits per heavy atom. The van der Waals surface area contributed by atoms with E-state index in [2.05, 4.69) is 14.8 Å². The highest BCUT2D eigenvalue weighted by atomic mass is 32.2. The monoisotopic (exact) mass is 414 g/mol. The van der Waals surface area contributed by atoms with E-state index in [9.17, 15) is 10.1 Å². The minimum atomic E-state index is -0.341. The predicted octanol–water partition coefficient (Wildman–Crippen LogP) is 1.84. The number of rotatable bonds is 9. The average molecular weight is 415 g/mol. The van der Waals surface area contributed by atoms with E-state index in [0.29, 0.717) is 5.03 Å². The smallest absolute Gasteiger partial charge is 0.301 e. The molecule has 2 fully saturated rings. The third-order valence-electron chi connectivity index (χ3n) is 4.52. The van der Waals surface area contributed by atoms with Gasteiger partial charge >= 0.3 is 5.69 Å². The number of ether oxygens (including phenoxy) is 2. The molecule has 10 heteroatoms. The van der Waals surface area contributed by atoms with Crippen LogP contribution < -0.4 is 0 Å². The minimum absolute atomic E-state index is 0.0968. The molecule has 0 saturated carbocycles. The van der Waals surface area contributed by atoms with Gasteiger partial charge in [0.05, 0.1) is 36.4 Å². The van der Waals surface area contributed by atoms with Crippen molar-refractivity contribution >= 4 is 29.2 Å². The molecule has 2 aliphatic rings. The third kappa shape index (κ3) is 6.88. The van der Waals surface area contributed by atoms with Crippen LogP contribution in [0, 0.1) is 10.1 Å². The van der Waals surface area contributed by atoms with Gasteiger partial charge in [-0.15, -0.1) is 11.8 Å². The summed E-state index contributed by atoms with van der Waals surface area (Å²) in [5, 5.41) is 12.7. The highest BCUT2D eigenvalue weighted by molar-refractivity contribution is 8.00. The number of thioether (sulfide) groups is 2. The molecular formula is C17H26N4O4S2. The van der Waals surface area contributed by atoms with E-state index in [1.165, 1.54) is 11.8 Å². The third-order valence-corrected chi connectivity index (χ3v) is 6.39. The number of hydrogen-bond donors (Lipinski definition) is 0. The summed E-state index contributed by atoms with van der Waals surface area (Å²) < 4.78 is 10.7. The lowest BCUT2D eigenvalue weighted by Gasteiger charge is -2.26. The molecule has 3 heterocycles. The first-order valence-electron chi connectivity index (χ1n) is 9.23. The van der Waals surface area contributed by atoms with Crippen molar-refractivity contribution in [2.24, 2.45) is 0 Å². The van der Waals surface area contributed by atoms with E-state index < -0.39 is 0 Å². The first kappa shape index (κ1) is 20.8. The highest BCUT2D eigenvalue weighted by Crippen LogP contribution is 2.30. The van der Waals surface area contributed by atoms with Crippen molar-refractivity contribution in [3.05, 3.63) is 22.2 Å². The molecule has 0 atom stereocenters. The van der Waals surface area contributed by atoms with Crippen LogP contribution in [0.1, 0.15) is 0 Å². The summed E-state index contributed by atoms with van der Waals surface area (Å²) in [6.07, 6.45) is 0. The normalized spacial score (nSPS) is 19.3. The van der Waals surface area contributed by atoms with Gasteiger partial charge in [0, 0.05) is 56.8 Å². The maximum Gasteiger partial charge on any atom is 0.301 e. The van der Waals surface area contributed by atoms with Crippen LogP contribution in [0.5, 0.6) is 0 Å². The van der Waals surface area contributed by atoms with E-state index in [0.717, 1.165) is 82.2 Å². The molecule has 27 heavy (non-hydrogen) atoms. The molecule has 0 bridgehead atoms. The molecule has 1 aromatic heterocycles. The van der Waals surface area contributed by atoms with Crippen LogP contribution in [0.2, 0.25) is 0 Å². The summed E-state index contributed by atoms with van der Waals surface area (Å²) >= 11 is 3.12. The molecule has 0 N–H and O–H groups in total. The van der Waals surface area contributed by atoms with Crippen LogP contribution >= 0.6 is 23.5 Å². The van der Waals surface area contributed by atoms with Crippen molar-refractivity contribution in [1.82, 2.24) is 14.8 Å². The Labute approximate surface area is 168 Å². The van der Waals surface area contributed by atoms with Gasteiger partial charge < -0.3 is 9.47 Å². The Morgan fingerprint density at radius 2 is 1.52 bits per heavy atom. The fourth-order valence-corrected chi connectivity index (χ4v) is 4.87. The topological polar surface area (TPSA) is 81.0 Å². The van der Waals surface area contributed by atoms with Gasteiger partial charge in [0.15, 0.2) is 5.03 Å². The summed E-state index contributed by atoms with van der Waals surface area (Å²) in [6, 6.07) is 3.34. The van der Waals surface area contributed by atoms with Crippen molar-refractivity contribution in [3.8, 4) is 0 Å². The summed E-state index contributed by atoms with van der Waals surface area (Å²) in [4.78, 5) is 20.2. The second-order valence-electron chi connectivity index (χ2n) is 6.34. The summed E-state index contributed by atoms with van der Waals surface area (Å²) in [6.45, 7) is 8.77. The first-order valence-corrected chi connectivity index (χ1v) is 11.2. The first-order chi connectivity index (χ1) is 13.2. The zero-order valence-corrected chi connectivity index (χ0v) is 17.0. The summed E-state index contributed by atoms with van der Waals surface area (Å²) in [5.74, 6) is 1.71. The van der Waals surface area contributed by atoms with Gasteiger partial charge in [0.2, 0.25) is 0 Å². The van der Waals surface area contributed by atoms with Crippen LogP contribution in [0.3, 0.4) is 0 Å². The van der Waals surface area contributed by atoms with Crippen LogP contribution in [0.25, 0.3) is 0 Å². The van der Waals surface area contributed by atoms with E-state index in [4.69, 9.17) is 9.47 Å². The number of nitro groups is 1. The largest absolute Gasteiger partial charge is 0.379 e. The van der Waals surface area contributed by atoms with Crippen LogP contribution in [-0.2, 0) is 9.47 Å². The average Bonchev–Trinajstić information content (AvgIpc) is 2.70. The Morgan fingerprint density at radius 3 is 2.07 bits per heavy atom. The predicted molar refractivity (Wildman–Crippen MR) is 107 cm³/mol. The van der Waals surface area contributed by atoms with E-state index >= 15 is 0 Å². The Bertz CT molecular complexity index is 611. The maximum absolute atomic E-state index is 11.3. The number of nitrogens with zero attached hydrogens (tertiary/aromatic N) is 4. The van der Waals surface area contributed by atoms with Gasteiger partial charge in [-0.1, -0.05) is 11.8 Å². The van der Waals surface area contributed by atoms with Crippen molar-refractivity contribution in [1.29, 1.82) is 0 Å². The molecule has 0 radical (unpaired) electrons. The lowest BCUT2D eigenvalue weighted by atomic mass is 10.4. The van der Waals surface area contributed by atoms with Crippen molar-refractivity contribution < 1.29 is 14.4 Å². The lowest BCUT2D eigenvalue weighted by Crippen LogP contribution is -2.37. The van der Waals surface area contributed by atoms with E-state index in [-0.39, 0.29) is 10.6 Å². The molecule has 2 aliphatic heterocycles. The zero-order valence-electron chi connectivity index (χ0n) is 15.4. The molecule has 0 aromatic carbocycles. The zero-order chi connectivity index (χ0) is 18.9. The van der Waals surface area contributed by atoms with Gasteiger partial charge in [0.25, 0.3) is 0 Å². The Balaban J connectivity index is 1.50. The number of hydrogen-bond acceptors (Lipinski definition) is 9. The second kappa shape index (κ2) is 11.2. The van der Waals surface area contributed by atoms with Crippen molar-refractivity contribution in [2.75, 3.05) is 77.2 Å². The molecule has 2 saturated heterocycles. The number of morpholine rings is 2. The van der Waals surface area contributed by atoms with Gasteiger partial charge in [0.1, 0.15) is 0 Å². The van der Waals surface area contributed by atoms with Crippen LogP contribution in [0.15, 0.2) is 22.2 Å². The van der Waals surface area contributed by atoms with Crippen LogP contribution in [-0.4, -0.2) is 96.9 Å². The molecule has 0 spiro atoms. The van der Waals surface area contributed by atoms with Gasteiger partial charge in [-0.2, -0.15) is 0 Å². The molecule has 8 nitrogen and oxygen atoms in total. The Hall–Kier alpha value is -0.910. The van der Waals surface area contributed by atoms with Crippen LogP contribution in [0.4, 0.5) is 5.69 Å². The highest BCUT2D eigenvalue weighted by Gasteiger charge is 2.18. The fourth-order valence-electron chi connectivity index (χ4n) is 2.94. The van der Waals surface area contributed by atoms with Gasteiger partial charge in [-0.3, -0.25) is 19.9 Å². The molecule has 3 rings (SSSR count). The van der Waals surface area contributed by atoms with Gasteiger partial charge in [-0.25, -0.2) is 4.98 Å². The van der Waals surface area contributed by atoms with Crippen molar-refractivity contribution in [2.45, 2.75) is 10.1 Å². The number of pyridine rings is 1. The molecule has 0 unspecified atom stereocenters. The van der Waals surface area contributed by atoms with E-state index in [1.807, 2.05) is 0 Å². The van der Waals surface area contributed by atoms with Crippen molar-refractivity contribution in [3.63, 3.8) is 0 Å². The summed E-state index contributed by atoms with van der Waals surface area (Å²) in [7, 11) is 0. The number of aromatic nitrogens is 1. The molecule has 1 aromatic rings. The maximum atomic E-state index is 11.3. The SMILES string of the molecule is O=[N+]([O-])c1ccc(SCCN2CCOCC2)nc1SCCN1CCOCC1. The Kier molecular flexibility index (Phi) is 8.62. The fraction of sp³-hybridized carbons (Fsp3) is 0.706. The van der Waals surface area contributed by atoms with Gasteiger partial charge in [-0.05, 0) is 6.07 Å². The lowest BCUT2D eigenvalue weighted by molar-refractivity contribution is -0.388. The molecular weight excluding hydrogens is 388 g/mol. The molecule has 150 valence electrons. The molecule has 0 amide bonds. The van der Waals surface area contributed by atoms with E-state index in [1.54, 1.807) is 23.9 Å². The standard InChI is InChI=1S/C17H26N4O4S2/c22-21(23)15-1-2-16(26-13-7-19-3-9-24-10-4-19)18-17(15)27-14-8-20-5-11-25-12-6-20/h1-2H,3-14H2. The second-order valence-corrected chi connectivity index (χ2v) is 8.53.